The van der Waals surface area contributed by atoms with Crippen LogP contribution in [0.5, 0.6) is 0 Å². The van der Waals surface area contributed by atoms with Crippen LogP contribution >= 0.6 is 24.0 Å². The molecule has 0 saturated carbocycles. The molecule has 1 aromatic rings. The van der Waals surface area contributed by atoms with Gasteiger partial charge in [0.2, 0.25) is 0 Å². The van der Waals surface area contributed by atoms with Crippen molar-refractivity contribution in [1.29, 1.82) is 0 Å². The molecule has 28 heavy (non-hydrogen) atoms. The van der Waals surface area contributed by atoms with Crippen LogP contribution in [0, 0.1) is 0 Å². The summed E-state index contributed by atoms with van der Waals surface area (Å²) < 4.78 is 5.09. The molecule has 2 N–H and O–H groups in total. The second kappa shape index (κ2) is 15.0. The molecule has 160 valence electrons. The van der Waals surface area contributed by atoms with E-state index in [2.05, 4.69) is 56.7 Å². The lowest BCUT2D eigenvalue weighted by Gasteiger charge is -2.18. The fourth-order valence-corrected chi connectivity index (χ4v) is 3.32. The monoisotopic (exact) mass is 503 g/mol. The van der Waals surface area contributed by atoms with Crippen molar-refractivity contribution in [2.75, 3.05) is 60.5 Å². The Hall–Kier alpha value is -0.900. The summed E-state index contributed by atoms with van der Waals surface area (Å²) in [5.41, 5.74) is 2.68. The van der Waals surface area contributed by atoms with Crippen molar-refractivity contribution in [3.8, 4) is 0 Å². The molecule has 6 nitrogen and oxygen atoms in total. The van der Waals surface area contributed by atoms with Crippen LogP contribution in [0.3, 0.4) is 0 Å². The first-order valence-electron chi connectivity index (χ1n) is 10.1. The van der Waals surface area contributed by atoms with Gasteiger partial charge in [0, 0.05) is 53.5 Å². The van der Waals surface area contributed by atoms with E-state index in [4.69, 9.17) is 4.74 Å². The molecule has 0 amide bonds. The summed E-state index contributed by atoms with van der Waals surface area (Å²) in [4.78, 5) is 9.15. The SMILES string of the molecule is CN=C(NCCN(C)CCCOC)NCc1ccc(CN2CCCC2)cc1.I. The Kier molecular flexibility index (Phi) is 13.5. The molecule has 7 heteroatoms. The Morgan fingerprint density at radius 1 is 1.11 bits per heavy atom. The molecule has 1 aromatic carbocycles. The highest BCUT2D eigenvalue weighted by molar-refractivity contribution is 14.0. The molecule has 0 atom stereocenters. The van der Waals surface area contributed by atoms with E-state index in [0.717, 1.165) is 51.7 Å². The molecular formula is C21H38IN5O. The van der Waals surface area contributed by atoms with Crippen LogP contribution < -0.4 is 10.6 Å². The largest absolute Gasteiger partial charge is 0.385 e. The van der Waals surface area contributed by atoms with Crippen LogP contribution in [0.1, 0.15) is 30.4 Å². The fraction of sp³-hybridized carbons (Fsp3) is 0.667. The number of ether oxygens (including phenoxy) is 1. The predicted octanol–water partition coefficient (Wildman–Crippen LogP) is 2.53. The van der Waals surface area contributed by atoms with E-state index in [1.165, 1.54) is 37.1 Å². The summed E-state index contributed by atoms with van der Waals surface area (Å²) in [6, 6.07) is 8.94. The lowest BCUT2D eigenvalue weighted by atomic mass is 10.1. The van der Waals surface area contributed by atoms with E-state index >= 15 is 0 Å². The molecule has 0 spiro atoms. The maximum Gasteiger partial charge on any atom is 0.191 e. The van der Waals surface area contributed by atoms with E-state index in [-0.39, 0.29) is 24.0 Å². The van der Waals surface area contributed by atoms with Gasteiger partial charge in [0.15, 0.2) is 5.96 Å². The van der Waals surface area contributed by atoms with Gasteiger partial charge in [-0.15, -0.1) is 24.0 Å². The van der Waals surface area contributed by atoms with E-state index in [1.54, 1.807) is 7.11 Å². The highest BCUT2D eigenvalue weighted by atomic mass is 127. The number of benzene rings is 1. The van der Waals surface area contributed by atoms with Gasteiger partial charge in [0.25, 0.3) is 0 Å². The summed E-state index contributed by atoms with van der Waals surface area (Å²) in [7, 11) is 5.70. The van der Waals surface area contributed by atoms with Crippen molar-refractivity contribution < 1.29 is 4.74 Å². The molecule has 0 bridgehead atoms. The first-order chi connectivity index (χ1) is 13.2. The first-order valence-corrected chi connectivity index (χ1v) is 10.1. The molecule has 1 aliphatic rings. The third kappa shape index (κ3) is 10.0. The molecule has 1 saturated heterocycles. The molecule has 0 aromatic heterocycles. The third-order valence-corrected chi connectivity index (χ3v) is 4.99. The van der Waals surface area contributed by atoms with Crippen LogP contribution in [0.4, 0.5) is 0 Å². The summed E-state index contributed by atoms with van der Waals surface area (Å²) in [6.07, 6.45) is 3.75. The van der Waals surface area contributed by atoms with Gasteiger partial charge >= 0.3 is 0 Å². The second-order valence-corrected chi connectivity index (χ2v) is 7.30. The van der Waals surface area contributed by atoms with Gasteiger partial charge in [-0.25, -0.2) is 0 Å². The normalized spacial score (nSPS) is 14.9. The van der Waals surface area contributed by atoms with Crippen molar-refractivity contribution in [3.05, 3.63) is 35.4 Å². The summed E-state index contributed by atoms with van der Waals surface area (Å²) in [5, 5.41) is 6.77. The maximum absolute atomic E-state index is 5.09. The zero-order valence-corrected chi connectivity index (χ0v) is 20.1. The van der Waals surface area contributed by atoms with Crippen LogP contribution in [0.2, 0.25) is 0 Å². The average molecular weight is 503 g/mol. The van der Waals surface area contributed by atoms with Crippen molar-refractivity contribution in [2.45, 2.75) is 32.4 Å². The maximum atomic E-state index is 5.09. The Bertz CT molecular complexity index is 546. The Labute approximate surface area is 188 Å². The highest BCUT2D eigenvalue weighted by Gasteiger charge is 2.11. The minimum absolute atomic E-state index is 0. The van der Waals surface area contributed by atoms with Gasteiger partial charge in [-0.3, -0.25) is 9.89 Å². The summed E-state index contributed by atoms with van der Waals surface area (Å²) in [6.45, 7) is 8.07. The number of rotatable bonds is 11. The smallest absolute Gasteiger partial charge is 0.191 e. The van der Waals surface area contributed by atoms with E-state index in [1.807, 2.05) is 7.05 Å². The van der Waals surface area contributed by atoms with E-state index < -0.39 is 0 Å². The Morgan fingerprint density at radius 3 is 2.43 bits per heavy atom. The van der Waals surface area contributed by atoms with E-state index in [9.17, 15) is 0 Å². The minimum Gasteiger partial charge on any atom is -0.385 e. The number of hydrogen-bond acceptors (Lipinski definition) is 4. The summed E-state index contributed by atoms with van der Waals surface area (Å²) in [5.74, 6) is 0.849. The second-order valence-electron chi connectivity index (χ2n) is 7.30. The topological polar surface area (TPSA) is 52.1 Å². The number of halogens is 1. The number of hydrogen-bond donors (Lipinski definition) is 2. The van der Waals surface area contributed by atoms with Crippen LogP contribution in [0.15, 0.2) is 29.3 Å². The zero-order valence-electron chi connectivity index (χ0n) is 17.7. The quantitative estimate of drug-likeness (QED) is 0.211. The minimum atomic E-state index is 0. The predicted molar refractivity (Wildman–Crippen MR) is 129 cm³/mol. The molecule has 1 fully saturated rings. The first kappa shape index (κ1) is 25.1. The van der Waals surface area contributed by atoms with E-state index in [0.29, 0.717) is 0 Å². The van der Waals surface area contributed by atoms with Crippen LogP contribution in [0.25, 0.3) is 0 Å². The van der Waals surface area contributed by atoms with Crippen molar-refractivity contribution in [1.82, 2.24) is 20.4 Å². The number of likely N-dealkylation sites (N-methyl/N-ethyl adjacent to an activating group) is 1. The van der Waals surface area contributed by atoms with Gasteiger partial charge in [0.1, 0.15) is 0 Å². The van der Waals surface area contributed by atoms with Gasteiger partial charge in [0.05, 0.1) is 0 Å². The van der Waals surface area contributed by atoms with Crippen LogP contribution in [-0.4, -0.2) is 76.3 Å². The molecule has 1 aliphatic heterocycles. The fourth-order valence-electron chi connectivity index (χ4n) is 3.32. The number of methoxy groups -OCH3 is 1. The van der Waals surface area contributed by atoms with Gasteiger partial charge in [-0.2, -0.15) is 0 Å². The molecule has 1 heterocycles. The lowest BCUT2D eigenvalue weighted by molar-refractivity contribution is 0.180. The standard InChI is InChI=1S/C21H37N5O.HI/c1-22-21(23-11-15-25(2)12-6-16-27-3)24-17-19-7-9-20(10-8-19)18-26-13-4-5-14-26;/h7-10H,4-6,11-18H2,1-3H3,(H2,22,23,24);1H. The average Bonchev–Trinajstić information content (AvgIpc) is 3.19. The molecule has 2 rings (SSSR count). The molecule has 0 radical (unpaired) electrons. The highest BCUT2D eigenvalue weighted by Crippen LogP contribution is 2.13. The van der Waals surface area contributed by atoms with Gasteiger partial charge in [-0.1, -0.05) is 24.3 Å². The Morgan fingerprint density at radius 2 is 1.79 bits per heavy atom. The molecule has 0 unspecified atom stereocenters. The summed E-state index contributed by atoms with van der Waals surface area (Å²) >= 11 is 0. The number of guanidine groups is 1. The number of nitrogens with zero attached hydrogens (tertiary/aromatic N) is 3. The molecule has 0 aliphatic carbocycles. The Balaban J connectivity index is 0.00000392. The van der Waals surface area contributed by atoms with Crippen molar-refractivity contribution in [3.63, 3.8) is 0 Å². The number of aliphatic imine (C=N–C) groups is 1. The van der Waals surface area contributed by atoms with Gasteiger partial charge in [-0.05, 0) is 50.5 Å². The lowest BCUT2D eigenvalue weighted by Crippen LogP contribution is -2.40. The van der Waals surface area contributed by atoms with Crippen LogP contribution in [-0.2, 0) is 17.8 Å². The number of nitrogens with one attached hydrogen (secondary N) is 2. The third-order valence-electron chi connectivity index (χ3n) is 4.99. The number of likely N-dealkylation sites (tertiary alicyclic amines) is 1. The van der Waals surface area contributed by atoms with Crippen molar-refractivity contribution in [2.24, 2.45) is 4.99 Å². The molecular weight excluding hydrogens is 465 g/mol. The zero-order chi connectivity index (χ0) is 19.3. The van der Waals surface area contributed by atoms with Crippen molar-refractivity contribution >= 4 is 29.9 Å². The van der Waals surface area contributed by atoms with Gasteiger partial charge < -0.3 is 20.3 Å².